The molecular formula is C29H28N6O5S. The first-order valence-electron chi connectivity index (χ1n) is 13.0. The Bertz CT molecular complexity index is 1740. The van der Waals surface area contributed by atoms with E-state index in [9.17, 15) is 14.9 Å². The Kier molecular flexibility index (Phi) is 8.02. The molecule has 11 nitrogen and oxygen atoms in total. The van der Waals surface area contributed by atoms with E-state index in [0.29, 0.717) is 51.0 Å². The van der Waals surface area contributed by atoms with Crippen LogP contribution in [-0.4, -0.2) is 49.9 Å². The number of amides is 1. The highest BCUT2D eigenvalue weighted by molar-refractivity contribution is 8.00. The molecule has 0 fully saturated rings. The van der Waals surface area contributed by atoms with E-state index in [1.165, 1.54) is 29.5 Å². The number of nitro groups is 1. The third kappa shape index (κ3) is 5.64. The number of nitro benzene ring substituents is 1. The van der Waals surface area contributed by atoms with Gasteiger partial charge in [0.1, 0.15) is 0 Å². The van der Waals surface area contributed by atoms with Crippen molar-refractivity contribution >= 4 is 45.6 Å². The van der Waals surface area contributed by atoms with E-state index in [0.717, 1.165) is 12.1 Å². The normalized spacial score (nSPS) is 11.9. The van der Waals surface area contributed by atoms with Gasteiger partial charge in [-0.25, -0.2) is 9.97 Å². The van der Waals surface area contributed by atoms with Gasteiger partial charge in [0.05, 0.1) is 29.9 Å². The molecule has 0 aliphatic rings. The molecule has 12 heteroatoms. The van der Waals surface area contributed by atoms with Crippen molar-refractivity contribution in [2.75, 3.05) is 19.5 Å². The molecule has 2 heterocycles. The van der Waals surface area contributed by atoms with Gasteiger partial charge in [-0.3, -0.25) is 14.9 Å². The fraction of sp³-hybridized carbons (Fsp3) is 0.241. The number of carbonyl (C=O) groups is 1. The first-order chi connectivity index (χ1) is 19.8. The van der Waals surface area contributed by atoms with Crippen molar-refractivity contribution in [1.29, 1.82) is 0 Å². The largest absolute Gasteiger partial charge is 0.493 e. The molecule has 0 aliphatic heterocycles. The smallest absolute Gasteiger partial charge is 0.269 e. The number of fused-ring (bicyclic) bond motifs is 3. The second kappa shape index (κ2) is 11.8. The number of hydrogen-bond acceptors (Lipinski definition) is 9. The fourth-order valence-corrected chi connectivity index (χ4v) is 5.30. The zero-order chi connectivity index (χ0) is 29.1. The summed E-state index contributed by atoms with van der Waals surface area (Å²) in [5.74, 6) is 1.21. The van der Waals surface area contributed by atoms with Crippen LogP contribution in [0.25, 0.3) is 27.9 Å². The van der Waals surface area contributed by atoms with E-state index in [1.807, 2.05) is 31.2 Å². The third-order valence-corrected chi connectivity index (χ3v) is 7.93. The number of thioether (sulfide) groups is 1. The number of carbonyl (C=O) groups excluding carboxylic acids is 1. The number of nitrogens with zero attached hydrogens (tertiary/aromatic N) is 5. The molecule has 210 valence electrons. The number of hydrogen-bond donors (Lipinski definition) is 1. The SMILES string of the molecule is CCc1ccc(NC(=O)[C@@H](CC)Sc2nc3cc(OC)c(OC)cc3c3nc(-c4ccc([N+](=O)[O-])cc4)nn23)cc1. The lowest BCUT2D eigenvalue weighted by Gasteiger charge is -2.16. The number of aromatic nitrogens is 4. The van der Waals surface area contributed by atoms with Crippen LogP contribution >= 0.6 is 11.8 Å². The van der Waals surface area contributed by atoms with Crippen LogP contribution in [0, 0.1) is 10.1 Å². The van der Waals surface area contributed by atoms with Gasteiger partial charge in [0.15, 0.2) is 28.1 Å². The predicted octanol–water partition coefficient (Wildman–Crippen LogP) is 5.94. The molecular weight excluding hydrogens is 544 g/mol. The Balaban J connectivity index is 1.58. The maximum atomic E-state index is 13.3. The summed E-state index contributed by atoms with van der Waals surface area (Å²) in [6.45, 7) is 4.02. The quantitative estimate of drug-likeness (QED) is 0.0933. The van der Waals surface area contributed by atoms with Gasteiger partial charge >= 0.3 is 0 Å². The van der Waals surface area contributed by atoms with Crippen LogP contribution in [0.1, 0.15) is 25.8 Å². The summed E-state index contributed by atoms with van der Waals surface area (Å²) in [5, 5.41) is 19.5. The van der Waals surface area contributed by atoms with Gasteiger partial charge in [-0.05, 0) is 48.7 Å². The molecule has 5 rings (SSSR count). The van der Waals surface area contributed by atoms with Gasteiger partial charge in [0, 0.05) is 34.8 Å². The van der Waals surface area contributed by atoms with Gasteiger partial charge in [-0.15, -0.1) is 5.10 Å². The minimum absolute atomic E-state index is 0.0289. The van der Waals surface area contributed by atoms with Crippen LogP contribution in [0.3, 0.4) is 0 Å². The third-order valence-electron chi connectivity index (χ3n) is 6.62. The van der Waals surface area contributed by atoms with E-state index in [-0.39, 0.29) is 11.6 Å². The molecule has 0 aliphatic carbocycles. The van der Waals surface area contributed by atoms with E-state index in [1.54, 1.807) is 43.0 Å². The molecule has 1 N–H and O–H groups in total. The van der Waals surface area contributed by atoms with E-state index < -0.39 is 10.2 Å². The maximum absolute atomic E-state index is 13.3. The van der Waals surface area contributed by atoms with Gasteiger partial charge in [-0.2, -0.15) is 4.52 Å². The molecule has 0 radical (unpaired) electrons. The molecule has 5 aromatic rings. The van der Waals surface area contributed by atoms with Crippen LogP contribution in [0.5, 0.6) is 11.5 Å². The highest BCUT2D eigenvalue weighted by Gasteiger charge is 2.24. The van der Waals surface area contributed by atoms with E-state index in [4.69, 9.17) is 24.5 Å². The van der Waals surface area contributed by atoms with E-state index >= 15 is 0 Å². The number of anilines is 1. The van der Waals surface area contributed by atoms with Crippen molar-refractivity contribution in [2.24, 2.45) is 0 Å². The van der Waals surface area contributed by atoms with Crippen LogP contribution < -0.4 is 14.8 Å². The molecule has 0 saturated heterocycles. The standard InChI is InChI=1S/C29H28N6O5S/c1-5-17-7-11-19(12-8-17)30-28(36)25(6-2)41-29-31-22-16-24(40-4)23(39-3)15-21(22)27-32-26(33-34(27)29)18-9-13-20(14-10-18)35(37)38/h7-16,25H,5-6H2,1-4H3,(H,30,36)/t25-/m1/s1. The number of ether oxygens (including phenoxy) is 2. The second-order valence-electron chi connectivity index (χ2n) is 9.15. The fourth-order valence-electron chi connectivity index (χ4n) is 4.34. The minimum Gasteiger partial charge on any atom is -0.493 e. The summed E-state index contributed by atoms with van der Waals surface area (Å²) >= 11 is 1.28. The average molecular weight is 573 g/mol. The van der Waals surface area contributed by atoms with Gasteiger partial charge in [0.2, 0.25) is 5.91 Å². The lowest BCUT2D eigenvalue weighted by molar-refractivity contribution is -0.384. The Labute approximate surface area is 240 Å². The molecule has 41 heavy (non-hydrogen) atoms. The molecule has 1 atom stereocenters. The number of nitrogens with one attached hydrogen (secondary N) is 1. The zero-order valence-corrected chi connectivity index (χ0v) is 23.8. The molecule has 0 bridgehead atoms. The summed E-state index contributed by atoms with van der Waals surface area (Å²) < 4.78 is 12.6. The van der Waals surface area contributed by atoms with Crippen LogP contribution in [-0.2, 0) is 11.2 Å². The molecule has 0 unspecified atom stereocenters. The summed E-state index contributed by atoms with van der Waals surface area (Å²) in [6.07, 6.45) is 1.46. The summed E-state index contributed by atoms with van der Waals surface area (Å²) in [5.41, 5.74) is 3.57. The molecule has 1 amide bonds. The van der Waals surface area contributed by atoms with Crippen LogP contribution in [0.15, 0.2) is 65.8 Å². The number of non-ortho nitro benzene ring substituents is 1. The zero-order valence-electron chi connectivity index (χ0n) is 23.0. The Morgan fingerprint density at radius 3 is 2.32 bits per heavy atom. The number of methoxy groups -OCH3 is 2. The summed E-state index contributed by atoms with van der Waals surface area (Å²) in [4.78, 5) is 33.6. The van der Waals surface area contributed by atoms with Crippen molar-refractivity contribution in [3.8, 4) is 22.9 Å². The lowest BCUT2D eigenvalue weighted by Crippen LogP contribution is -2.25. The lowest BCUT2D eigenvalue weighted by atomic mass is 10.1. The first kappa shape index (κ1) is 27.8. The van der Waals surface area contributed by atoms with Crippen LogP contribution in [0.4, 0.5) is 11.4 Å². The second-order valence-corrected chi connectivity index (χ2v) is 10.3. The first-order valence-corrected chi connectivity index (χ1v) is 13.9. The minimum atomic E-state index is -0.471. The van der Waals surface area contributed by atoms with Crippen molar-refractivity contribution < 1.29 is 19.2 Å². The van der Waals surface area contributed by atoms with Crippen LogP contribution in [0.2, 0.25) is 0 Å². The number of aryl methyl sites for hydroxylation is 1. The Hall–Kier alpha value is -4.71. The van der Waals surface area contributed by atoms with Crippen molar-refractivity contribution in [1.82, 2.24) is 19.6 Å². The van der Waals surface area contributed by atoms with Gasteiger partial charge in [-0.1, -0.05) is 37.7 Å². The number of rotatable bonds is 10. The highest BCUT2D eigenvalue weighted by Crippen LogP contribution is 2.36. The predicted molar refractivity (Wildman–Crippen MR) is 158 cm³/mol. The van der Waals surface area contributed by atoms with Crippen molar-refractivity contribution in [3.63, 3.8) is 0 Å². The molecule has 2 aromatic heterocycles. The molecule has 0 spiro atoms. The van der Waals surface area contributed by atoms with Gasteiger partial charge in [0.25, 0.3) is 5.69 Å². The van der Waals surface area contributed by atoms with Crippen molar-refractivity contribution in [2.45, 2.75) is 37.1 Å². The average Bonchev–Trinajstić information content (AvgIpc) is 3.45. The highest BCUT2D eigenvalue weighted by atomic mass is 32.2. The topological polar surface area (TPSA) is 134 Å². The number of benzene rings is 3. The molecule has 3 aromatic carbocycles. The van der Waals surface area contributed by atoms with Gasteiger partial charge < -0.3 is 14.8 Å². The Morgan fingerprint density at radius 2 is 1.71 bits per heavy atom. The Morgan fingerprint density at radius 1 is 1.02 bits per heavy atom. The van der Waals surface area contributed by atoms with Crippen molar-refractivity contribution in [3.05, 3.63) is 76.3 Å². The molecule has 0 saturated carbocycles. The summed E-state index contributed by atoms with van der Waals surface area (Å²) in [6, 6.07) is 17.3. The van der Waals surface area contributed by atoms with E-state index in [2.05, 4.69) is 12.2 Å². The summed E-state index contributed by atoms with van der Waals surface area (Å²) in [7, 11) is 3.09. The monoisotopic (exact) mass is 572 g/mol. The maximum Gasteiger partial charge on any atom is 0.269 e.